The molecular weight excluding hydrogens is 340 g/mol. The molecule has 2 rings (SSSR count). The molecule has 0 aliphatic heterocycles. The monoisotopic (exact) mass is 366 g/mol. The summed E-state index contributed by atoms with van der Waals surface area (Å²) in [5.41, 5.74) is 24.2. The third-order valence-corrected chi connectivity index (χ3v) is 3.06. The van der Waals surface area contributed by atoms with Crippen LogP contribution in [0.15, 0.2) is 36.4 Å². The molecule has 0 bridgehead atoms. The summed E-state index contributed by atoms with van der Waals surface area (Å²) in [5, 5.41) is 26.1. The van der Waals surface area contributed by atoms with Gasteiger partial charge < -0.3 is 47.7 Å². The van der Waals surface area contributed by atoms with Gasteiger partial charge in [0.2, 0.25) is 0 Å². The zero-order chi connectivity index (χ0) is 19.5. The molecule has 1 unspecified atom stereocenters. The summed E-state index contributed by atoms with van der Waals surface area (Å²) >= 11 is 0. The Bertz CT molecular complexity index is 684. The van der Waals surface area contributed by atoms with E-state index in [1.165, 1.54) is 0 Å². The molecule has 0 amide bonds. The van der Waals surface area contributed by atoms with Crippen molar-refractivity contribution >= 4 is 22.7 Å². The number of anilines is 4. The van der Waals surface area contributed by atoms with Crippen molar-refractivity contribution in [3.63, 3.8) is 0 Å². The number of benzene rings is 2. The summed E-state index contributed by atoms with van der Waals surface area (Å²) in [5.74, 6) is 1.00. The van der Waals surface area contributed by atoms with Crippen LogP contribution in [0.2, 0.25) is 0 Å². The highest BCUT2D eigenvalue weighted by Gasteiger charge is 2.05. The van der Waals surface area contributed by atoms with Gasteiger partial charge >= 0.3 is 0 Å². The SMILES string of the molecule is Nc1ccc(OCC(O)CO)c(N)c1.Nc1ccc(OCCO)c(N)c1. The summed E-state index contributed by atoms with van der Waals surface area (Å²) in [6, 6.07) is 9.84. The van der Waals surface area contributed by atoms with Crippen LogP contribution in [-0.4, -0.2) is 47.9 Å². The van der Waals surface area contributed by atoms with Gasteiger partial charge in [0.15, 0.2) is 0 Å². The van der Waals surface area contributed by atoms with E-state index in [9.17, 15) is 0 Å². The normalized spacial score (nSPS) is 11.2. The van der Waals surface area contributed by atoms with Crippen LogP contribution < -0.4 is 32.4 Å². The van der Waals surface area contributed by atoms with Gasteiger partial charge in [-0.25, -0.2) is 0 Å². The van der Waals surface area contributed by atoms with E-state index in [1.807, 2.05) is 0 Å². The highest BCUT2D eigenvalue weighted by Crippen LogP contribution is 2.24. The molecule has 1 atom stereocenters. The van der Waals surface area contributed by atoms with Crippen molar-refractivity contribution in [1.29, 1.82) is 0 Å². The van der Waals surface area contributed by atoms with E-state index in [2.05, 4.69) is 0 Å². The number of hydrogen-bond acceptors (Lipinski definition) is 9. The van der Waals surface area contributed by atoms with Crippen LogP contribution in [0.4, 0.5) is 22.7 Å². The molecule has 9 heteroatoms. The van der Waals surface area contributed by atoms with Gasteiger partial charge in [-0.2, -0.15) is 0 Å². The molecule has 26 heavy (non-hydrogen) atoms. The first-order valence-corrected chi connectivity index (χ1v) is 7.82. The second-order valence-corrected chi connectivity index (χ2v) is 5.31. The maximum atomic E-state index is 9.02. The first kappa shape index (κ1) is 21.2. The van der Waals surface area contributed by atoms with Crippen LogP contribution in [0.5, 0.6) is 11.5 Å². The standard InChI is InChI=1S/C9H14N2O3.C8H12N2O2/c10-6-1-2-9(8(11)3-6)14-5-7(13)4-12;9-6-1-2-8(7(10)5-6)12-4-3-11/h1-3,7,12-13H,4-5,10-11H2;1-2,5,11H,3-4,9-10H2. The molecule has 0 aromatic heterocycles. The molecule has 0 aliphatic rings. The van der Waals surface area contributed by atoms with Gasteiger partial charge in [-0.1, -0.05) is 0 Å². The number of aliphatic hydroxyl groups excluding tert-OH is 3. The zero-order valence-corrected chi connectivity index (χ0v) is 14.3. The van der Waals surface area contributed by atoms with Gasteiger partial charge in [0.05, 0.1) is 24.6 Å². The van der Waals surface area contributed by atoms with Gasteiger partial charge in [0.25, 0.3) is 0 Å². The Kier molecular flexibility index (Phi) is 8.85. The Morgan fingerprint density at radius 2 is 1.31 bits per heavy atom. The van der Waals surface area contributed by atoms with Crippen molar-refractivity contribution in [2.75, 3.05) is 49.4 Å². The number of hydrogen-bond donors (Lipinski definition) is 7. The lowest BCUT2D eigenvalue weighted by Crippen LogP contribution is -2.21. The Labute approximate surface area is 151 Å². The van der Waals surface area contributed by atoms with Gasteiger partial charge in [0, 0.05) is 11.4 Å². The fraction of sp³-hybridized carbons (Fsp3) is 0.294. The molecule has 0 saturated heterocycles. The minimum Gasteiger partial charge on any atom is -0.489 e. The van der Waals surface area contributed by atoms with Gasteiger partial charge in [-0.05, 0) is 36.4 Å². The molecule has 9 nitrogen and oxygen atoms in total. The van der Waals surface area contributed by atoms with Gasteiger partial charge in [0.1, 0.15) is 30.8 Å². The summed E-state index contributed by atoms with van der Waals surface area (Å²) in [7, 11) is 0. The second kappa shape index (κ2) is 10.9. The average Bonchev–Trinajstić information content (AvgIpc) is 2.60. The number of aliphatic hydroxyl groups is 3. The highest BCUT2D eigenvalue weighted by atomic mass is 16.5. The lowest BCUT2D eigenvalue weighted by molar-refractivity contribution is 0.0538. The molecule has 0 saturated carbocycles. The summed E-state index contributed by atoms with van der Waals surface area (Å²) < 4.78 is 10.3. The maximum Gasteiger partial charge on any atom is 0.142 e. The summed E-state index contributed by atoms with van der Waals surface area (Å²) in [6.45, 7) is -0.114. The predicted molar refractivity (Wildman–Crippen MR) is 102 cm³/mol. The molecule has 2 aromatic carbocycles. The minimum atomic E-state index is -0.896. The number of rotatable bonds is 7. The second-order valence-electron chi connectivity index (χ2n) is 5.31. The molecule has 11 N–H and O–H groups in total. The topological polar surface area (TPSA) is 183 Å². The van der Waals surface area contributed by atoms with Gasteiger partial charge in [-0.3, -0.25) is 0 Å². The van der Waals surface area contributed by atoms with Crippen LogP contribution in [0.1, 0.15) is 0 Å². The van der Waals surface area contributed by atoms with Gasteiger partial charge in [-0.15, -0.1) is 0 Å². The Hall–Kier alpha value is -2.88. The first-order valence-electron chi connectivity index (χ1n) is 7.82. The summed E-state index contributed by atoms with van der Waals surface area (Å²) in [6.07, 6.45) is -0.896. The Morgan fingerprint density at radius 3 is 1.73 bits per heavy atom. The summed E-state index contributed by atoms with van der Waals surface area (Å²) in [4.78, 5) is 0. The van der Waals surface area contributed by atoms with Crippen LogP contribution in [0, 0.1) is 0 Å². The van der Waals surface area contributed by atoms with E-state index >= 15 is 0 Å². The van der Waals surface area contributed by atoms with Crippen molar-refractivity contribution in [2.45, 2.75) is 6.10 Å². The number of ether oxygens (including phenoxy) is 2. The fourth-order valence-electron chi connectivity index (χ4n) is 1.79. The third-order valence-electron chi connectivity index (χ3n) is 3.06. The van der Waals surface area contributed by atoms with E-state index in [1.54, 1.807) is 36.4 Å². The van der Waals surface area contributed by atoms with E-state index in [4.69, 9.17) is 47.7 Å². The molecule has 144 valence electrons. The highest BCUT2D eigenvalue weighted by molar-refractivity contribution is 5.61. The van der Waals surface area contributed by atoms with Crippen molar-refractivity contribution in [3.8, 4) is 11.5 Å². The Morgan fingerprint density at radius 1 is 0.808 bits per heavy atom. The number of nitrogens with two attached hydrogens (primary N) is 4. The van der Waals surface area contributed by atoms with E-state index in [-0.39, 0.29) is 26.4 Å². The predicted octanol–water partition coefficient (Wildman–Crippen LogP) is -0.195. The van der Waals surface area contributed by atoms with E-state index in [0.717, 1.165) is 0 Å². The molecule has 0 spiro atoms. The first-order chi connectivity index (χ1) is 12.4. The molecule has 0 fully saturated rings. The van der Waals surface area contributed by atoms with Crippen molar-refractivity contribution in [1.82, 2.24) is 0 Å². The quantitative estimate of drug-likeness (QED) is 0.326. The number of nitrogen functional groups attached to an aromatic ring is 4. The van der Waals surface area contributed by atoms with Crippen LogP contribution in [0.25, 0.3) is 0 Å². The van der Waals surface area contributed by atoms with Crippen molar-refractivity contribution in [2.24, 2.45) is 0 Å². The fourth-order valence-corrected chi connectivity index (χ4v) is 1.79. The Balaban J connectivity index is 0.000000263. The van der Waals surface area contributed by atoms with Crippen LogP contribution >= 0.6 is 0 Å². The van der Waals surface area contributed by atoms with Crippen LogP contribution in [-0.2, 0) is 0 Å². The van der Waals surface area contributed by atoms with Crippen molar-refractivity contribution in [3.05, 3.63) is 36.4 Å². The molecule has 0 radical (unpaired) electrons. The smallest absolute Gasteiger partial charge is 0.142 e. The molecule has 0 aliphatic carbocycles. The zero-order valence-electron chi connectivity index (χ0n) is 14.3. The average molecular weight is 366 g/mol. The lowest BCUT2D eigenvalue weighted by atomic mass is 10.2. The van der Waals surface area contributed by atoms with Crippen molar-refractivity contribution < 1.29 is 24.8 Å². The molecular formula is C17H26N4O5. The van der Waals surface area contributed by atoms with E-state index < -0.39 is 6.10 Å². The largest absolute Gasteiger partial charge is 0.489 e. The van der Waals surface area contributed by atoms with E-state index in [0.29, 0.717) is 34.2 Å². The molecule has 0 heterocycles. The minimum absolute atomic E-state index is 0.00458. The molecule has 2 aromatic rings. The lowest BCUT2D eigenvalue weighted by Gasteiger charge is -2.11. The third kappa shape index (κ3) is 7.34. The van der Waals surface area contributed by atoms with Crippen LogP contribution in [0.3, 0.4) is 0 Å². The maximum absolute atomic E-state index is 9.02.